The highest BCUT2D eigenvalue weighted by atomic mass is 32.2. The lowest BCUT2D eigenvalue weighted by atomic mass is 10.4. The summed E-state index contributed by atoms with van der Waals surface area (Å²) in [5.41, 5.74) is 0. The van der Waals surface area contributed by atoms with Crippen molar-refractivity contribution in [3.63, 3.8) is 0 Å². The molecule has 0 saturated carbocycles. The van der Waals surface area contributed by atoms with Crippen molar-refractivity contribution in [2.45, 2.75) is 31.1 Å². The van der Waals surface area contributed by atoms with E-state index in [9.17, 15) is 9.90 Å². The molecule has 0 radical (unpaired) electrons. The summed E-state index contributed by atoms with van der Waals surface area (Å²) in [7, 11) is 0. The first-order valence-corrected chi connectivity index (χ1v) is 7.29. The van der Waals surface area contributed by atoms with Gasteiger partial charge in [-0.3, -0.25) is 4.79 Å². The third-order valence-electron chi connectivity index (χ3n) is 3.10. The summed E-state index contributed by atoms with van der Waals surface area (Å²) in [6.45, 7) is 3.60. The lowest BCUT2D eigenvalue weighted by Gasteiger charge is -2.16. The van der Waals surface area contributed by atoms with Crippen LogP contribution in [-0.2, 0) is 17.9 Å². The molecule has 1 fully saturated rings. The average Bonchev–Trinajstić information content (AvgIpc) is 3.02. The first kappa shape index (κ1) is 14.3. The van der Waals surface area contributed by atoms with Crippen molar-refractivity contribution in [1.29, 1.82) is 0 Å². The number of carboxylic acid groups (broad SMARTS) is 1. The summed E-state index contributed by atoms with van der Waals surface area (Å²) in [6.07, 6.45) is 2.46. The van der Waals surface area contributed by atoms with Crippen LogP contribution in [0.1, 0.15) is 18.7 Å². The maximum absolute atomic E-state index is 10.6. The number of hydrogen-bond acceptors (Lipinski definition) is 6. The molecule has 1 aliphatic rings. The second kappa shape index (κ2) is 6.88. The summed E-state index contributed by atoms with van der Waals surface area (Å²) in [4.78, 5) is 12.9. The standard InChI is InChI=1S/C11H18N4O3S/c16-7-9-12-13-11(19-8-10(17)18)15(9)6-5-14-3-1-2-4-14/h16H,1-8H2,(H,17,18). The fraction of sp³-hybridized carbons (Fsp3) is 0.727. The van der Waals surface area contributed by atoms with E-state index in [1.54, 1.807) is 0 Å². The van der Waals surface area contributed by atoms with Crippen LogP contribution in [0, 0.1) is 0 Å². The molecule has 19 heavy (non-hydrogen) atoms. The number of nitrogens with zero attached hydrogens (tertiary/aromatic N) is 4. The Bertz CT molecular complexity index is 432. The van der Waals surface area contributed by atoms with Crippen LogP contribution in [0.2, 0.25) is 0 Å². The molecule has 0 spiro atoms. The fourth-order valence-corrected chi connectivity index (χ4v) is 2.84. The van der Waals surface area contributed by atoms with Crippen LogP contribution in [0.5, 0.6) is 0 Å². The molecule has 0 bridgehead atoms. The summed E-state index contributed by atoms with van der Waals surface area (Å²) in [5, 5.41) is 26.3. The predicted octanol–water partition coefficient (Wildman–Crippen LogP) is 0.0429. The normalized spacial score (nSPS) is 16.1. The molecule has 106 valence electrons. The van der Waals surface area contributed by atoms with Crippen molar-refractivity contribution in [3.05, 3.63) is 5.82 Å². The molecule has 7 nitrogen and oxygen atoms in total. The molecule has 0 amide bonds. The molecule has 0 unspecified atom stereocenters. The molecule has 0 atom stereocenters. The molecule has 2 rings (SSSR count). The number of aliphatic hydroxyl groups is 1. The smallest absolute Gasteiger partial charge is 0.313 e. The summed E-state index contributed by atoms with van der Waals surface area (Å²) < 4.78 is 1.81. The zero-order chi connectivity index (χ0) is 13.7. The monoisotopic (exact) mass is 286 g/mol. The number of aliphatic hydroxyl groups excluding tert-OH is 1. The summed E-state index contributed by atoms with van der Waals surface area (Å²) in [5.74, 6) is -0.440. The molecule has 1 saturated heterocycles. The Morgan fingerprint density at radius 2 is 2.00 bits per heavy atom. The second-order valence-electron chi connectivity index (χ2n) is 4.44. The van der Waals surface area contributed by atoms with Crippen molar-refractivity contribution >= 4 is 17.7 Å². The second-order valence-corrected chi connectivity index (χ2v) is 5.38. The Balaban J connectivity index is 1.98. The average molecular weight is 286 g/mol. The first-order chi connectivity index (χ1) is 9.20. The fourth-order valence-electron chi connectivity index (χ4n) is 2.14. The van der Waals surface area contributed by atoms with Gasteiger partial charge < -0.3 is 19.7 Å². The van der Waals surface area contributed by atoms with E-state index in [-0.39, 0.29) is 12.4 Å². The van der Waals surface area contributed by atoms with Gasteiger partial charge in [0.15, 0.2) is 11.0 Å². The maximum Gasteiger partial charge on any atom is 0.313 e. The lowest BCUT2D eigenvalue weighted by Crippen LogP contribution is -2.25. The molecule has 1 aliphatic heterocycles. The molecule has 8 heteroatoms. The zero-order valence-electron chi connectivity index (χ0n) is 10.7. The number of hydrogen-bond donors (Lipinski definition) is 2. The minimum atomic E-state index is -0.885. The van der Waals surface area contributed by atoms with Crippen molar-refractivity contribution in [1.82, 2.24) is 19.7 Å². The highest BCUT2D eigenvalue weighted by Gasteiger charge is 2.16. The van der Waals surface area contributed by atoms with Gasteiger partial charge in [0.25, 0.3) is 0 Å². The highest BCUT2D eigenvalue weighted by molar-refractivity contribution is 7.99. The SMILES string of the molecule is O=C(O)CSc1nnc(CO)n1CCN1CCCC1. The molecule has 2 heterocycles. The van der Waals surface area contributed by atoms with E-state index in [0.29, 0.717) is 17.5 Å². The van der Waals surface area contributed by atoms with E-state index in [1.807, 2.05) is 4.57 Å². The minimum Gasteiger partial charge on any atom is -0.481 e. The van der Waals surface area contributed by atoms with Crippen molar-refractivity contribution < 1.29 is 15.0 Å². The molecule has 0 aromatic carbocycles. The van der Waals surface area contributed by atoms with Crippen molar-refractivity contribution in [3.8, 4) is 0 Å². The van der Waals surface area contributed by atoms with Gasteiger partial charge in [-0.1, -0.05) is 11.8 Å². The summed E-state index contributed by atoms with van der Waals surface area (Å²) >= 11 is 1.13. The van der Waals surface area contributed by atoms with Crippen molar-refractivity contribution in [2.24, 2.45) is 0 Å². The largest absolute Gasteiger partial charge is 0.481 e. The summed E-state index contributed by atoms with van der Waals surface area (Å²) in [6, 6.07) is 0. The van der Waals surface area contributed by atoms with Gasteiger partial charge in [-0.25, -0.2) is 0 Å². The van der Waals surface area contributed by atoms with Gasteiger partial charge in [-0.05, 0) is 25.9 Å². The van der Waals surface area contributed by atoms with Crippen molar-refractivity contribution in [2.75, 3.05) is 25.4 Å². The maximum atomic E-state index is 10.6. The van der Waals surface area contributed by atoms with Gasteiger partial charge in [0, 0.05) is 13.1 Å². The van der Waals surface area contributed by atoms with E-state index in [2.05, 4.69) is 15.1 Å². The van der Waals surface area contributed by atoms with Gasteiger partial charge in [-0.2, -0.15) is 0 Å². The van der Waals surface area contributed by atoms with E-state index in [4.69, 9.17) is 5.11 Å². The van der Waals surface area contributed by atoms with Crippen LogP contribution in [0.25, 0.3) is 0 Å². The molecular weight excluding hydrogens is 268 g/mol. The van der Waals surface area contributed by atoms with E-state index in [1.165, 1.54) is 12.8 Å². The van der Waals surface area contributed by atoms with Crippen LogP contribution in [-0.4, -0.2) is 61.2 Å². The predicted molar refractivity (Wildman–Crippen MR) is 70.0 cm³/mol. The lowest BCUT2D eigenvalue weighted by molar-refractivity contribution is -0.133. The van der Waals surface area contributed by atoms with Gasteiger partial charge in [0.1, 0.15) is 6.61 Å². The van der Waals surface area contributed by atoms with Gasteiger partial charge in [0.05, 0.1) is 5.75 Å². The topological polar surface area (TPSA) is 91.5 Å². The molecular formula is C11H18N4O3S. The van der Waals surface area contributed by atoms with E-state index in [0.717, 1.165) is 31.4 Å². The van der Waals surface area contributed by atoms with Gasteiger partial charge in [0.2, 0.25) is 0 Å². The number of thioether (sulfide) groups is 1. The Morgan fingerprint density at radius 3 is 2.63 bits per heavy atom. The number of carbonyl (C=O) groups is 1. The quantitative estimate of drug-likeness (QED) is 0.684. The van der Waals surface area contributed by atoms with Crippen LogP contribution in [0.3, 0.4) is 0 Å². The number of aromatic nitrogens is 3. The van der Waals surface area contributed by atoms with Gasteiger partial charge >= 0.3 is 5.97 Å². The first-order valence-electron chi connectivity index (χ1n) is 6.30. The molecule has 0 aliphatic carbocycles. The van der Waals surface area contributed by atoms with E-state index < -0.39 is 5.97 Å². The Hall–Kier alpha value is -1.12. The van der Waals surface area contributed by atoms with Crippen LogP contribution >= 0.6 is 11.8 Å². The number of likely N-dealkylation sites (tertiary alicyclic amines) is 1. The Labute approximate surface area is 115 Å². The molecule has 1 aromatic heterocycles. The number of carboxylic acids is 1. The van der Waals surface area contributed by atoms with Crippen LogP contribution in [0.4, 0.5) is 0 Å². The van der Waals surface area contributed by atoms with Gasteiger partial charge in [-0.15, -0.1) is 10.2 Å². The zero-order valence-corrected chi connectivity index (χ0v) is 11.5. The molecule has 1 aromatic rings. The molecule has 2 N–H and O–H groups in total. The van der Waals surface area contributed by atoms with Crippen LogP contribution < -0.4 is 0 Å². The minimum absolute atomic E-state index is 0.0483. The number of rotatable bonds is 7. The third-order valence-corrected chi connectivity index (χ3v) is 4.05. The Kier molecular flexibility index (Phi) is 5.17. The third kappa shape index (κ3) is 3.92. The Morgan fingerprint density at radius 1 is 1.26 bits per heavy atom. The number of aliphatic carboxylic acids is 1. The van der Waals surface area contributed by atoms with E-state index >= 15 is 0 Å². The highest BCUT2D eigenvalue weighted by Crippen LogP contribution is 2.17. The van der Waals surface area contributed by atoms with Crippen LogP contribution in [0.15, 0.2) is 5.16 Å².